The quantitative estimate of drug-likeness (QED) is 0.0821. The Kier molecular flexibility index (Phi) is 14.5. The maximum absolute atomic E-state index is 12.0. The van der Waals surface area contributed by atoms with E-state index in [0.717, 1.165) is 120 Å². The van der Waals surface area contributed by atoms with E-state index < -0.39 is 47.3 Å². The fourth-order valence-electron chi connectivity index (χ4n) is 33.4. The van der Waals surface area contributed by atoms with E-state index in [1.807, 2.05) is 37.2 Å². The molecule has 6 saturated heterocycles. The summed E-state index contributed by atoms with van der Waals surface area (Å²) in [6, 6.07) is 28.6. The van der Waals surface area contributed by atoms with Crippen LogP contribution in [0.5, 0.6) is 0 Å². The number of aliphatic hydroxyl groups is 4. The Bertz CT molecular complexity index is 5360. The number of aromatic nitrogens is 3. The molecule has 6 unspecified atom stereocenters. The molecule has 28 rings (SSSR count). The average molecular weight is 1560 g/mol. The number of allylic oxidation sites excluding steroid dienone is 3. The van der Waals surface area contributed by atoms with Gasteiger partial charge in [0.2, 0.25) is 0 Å². The zero-order valence-corrected chi connectivity index (χ0v) is 68.0. The van der Waals surface area contributed by atoms with Gasteiger partial charge in [0.1, 0.15) is 35.6 Å². The number of rotatable bonds is 6. The fraction of sp³-hybridized carbons (Fsp3) is 0.610. The molecule has 0 amide bonds. The zero-order chi connectivity index (χ0) is 77.8. The average Bonchev–Trinajstić information content (AvgIpc) is 1.49. The number of nitrogens with zero attached hydrogens (tertiary/aromatic N) is 6. The second-order valence-electron chi connectivity index (χ2n) is 43.1. The molecule has 16 fully saturated rings. The Morgan fingerprint density at radius 2 is 0.871 bits per heavy atom. The van der Waals surface area contributed by atoms with Crippen LogP contribution in [0.1, 0.15) is 179 Å². The minimum absolute atomic E-state index is 0.0147. The van der Waals surface area contributed by atoms with Gasteiger partial charge in [-0.3, -0.25) is 29.7 Å². The summed E-state index contributed by atoms with van der Waals surface area (Å²) in [4.78, 5) is 20.5. The molecule has 12 heterocycles. The molecule has 10 N–H and O–H groups in total. The van der Waals surface area contributed by atoms with E-state index in [2.05, 4.69) is 160 Å². The standard InChI is InChI=1S/C34H39N3O.C33H39N3O4.C33H39N3O2/c1-31-7-4-23-13-28-26-15-27(26)29(37-11-6-25(35)19-37)17-32(28)8-9-34(23,38-32)30(31)14-24-16-33(24,31)22-3-2-20-5-10-36-18-21(20)12-22;1-30-7-4-21-13-24-27(37)28(38)26(36-11-6-23(34)17-36)29(39)33(24)9-8-32(21,40-33)25(30)14-22-15-31(22,30)20-3-2-18-5-10-35-16-19(18)12-20;1-30-9-6-24-15-23-4-5-27(36-13-8-26(34)19-36)29(37)33(23)11-10-32(24,38-33)28(30)16-25-17-31(25,30)22-3-2-20-7-12-35-18-21(20)14-22/h2-5,10,12-13,18,24-27,29-30H,6-9,11,14-17,19,35H2,1H3;2-5,10,12-13,16,22-23,25-29,37-39H,6-9,11,14-15,17,34H2,1H3;2-3,6-7,12,14-15,18,25-29,37H,4-5,8-11,13,16-17,19,34H2,1H3/t24-,25+,26-,27+,29-,30+,31-,32+,33-,34?;22-,23+,25+,26+,27?,28?,29?,30-,31-,32?,33-;25-,26+,27+,28+,29-,30-,31-,32?,33-/m000/s1. The number of likely N-dealkylation sites (tertiary alicyclic amines) is 3. The Morgan fingerprint density at radius 3 is 1.37 bits per heavy atom. The van der Waals surface area contributed by atoms with Crippen molar-refractivity contribution in [2.45, 2.75) is 273 Å². The number of pyridine rings is 3. The maximum Gasteiger partial charge on any atom is 0.121 e. The third-order valence-electron chi connectivity index (χ3n) is 39.1. The van der Waals surface area contributed by atoms with Gasteiger partial charge in [-0.05, 0) is 308 Å². The Labute approximate surface area is 681 Å². The first-order chi connectivity index (χ1) is 56.1. The van der Waals surface area contributed by atoms with Gasteiger partial charge in [0, 0.05) is 139 Å². The first-order valence-corrected chi connectivity index (χ1v) is 45.7. The summed E-state index contributed by atoms with van der Waals surface area (Å²) in [5, 5.41) is 54.3. The van der Waals surface area contributed by atoms with Crippen molar-refractivity contribution in [3.05, 3.63) is 197 Å². The number of ether oxygens (including phenoxy) is 3. The Hall–Kier alpha value is -6.19. The van der Waals surface area contributed by atoms with Crippen molar-refractivity contribution in [3.63, 3.8) is 0 Å². The van der Waals surface area contributed by atoms with Crippen molar-refractivity contribution in [3.8, 4) is 0 Å². The molecule has 16 heteroatoms. The second-order valence-corrected chi connectivity index (χ2v) is 43.1. The van der Waals surface area contributed by atoms with Gasteiger partial charge in [0.15, 0.2) is 0 Å². The summed E-state index contributed by atoms with van der Waals surface area (Å²) in [6.07, 6.45) is 47.4. The number of benzene rings is 3. The third-order valence-corrected chi connectivity index (χ3v) is 39.1. The summed E-state index contributed by atoms with van der Waals surface area (Å²) < 4.78 is 22.4. The molecule has 13 aliphatic carbocycles. The molecule has 6 aromatic rings. The van der Waals surface area contributed by atoms with Gasteiger partial charge in [0.05, 0.1) is 28.4 Å². The number of hydrogen-bond acceptors (Lipinski definition) is 16. The van der Waals surface area contributed by atoms with Crippen LogP contribution >= 0.6 is 0 Å². The molecule has 6 bridgehead atoms. The van der Waals surface area contributed by atoms with Gasteiger partial charge in [-0.15, -0.1) is 0 Å². The molecule has 604 valence electrons. The minimum Gasteiger partial charge on any atom is -0.388 e. The fourth-order valence-corrected chi connectivity index (χ4v) is 33.4. The topological polar surface area (TPSA) is 235 Å². The lowest BCUT2D eigenvalue weighted by atomic mass is 9.55. The van der Waals surface area contributed by atoms with Crippen molar-refractivity contribution < 1.29 is 34.6 Å². The van der Waals surface area contributed by atoms with Gasteiger partial charge < -0.3 is 51.8 Å². The summed E-state index contributed by atoms with van der Waals surface area (Å²) in [5.41, 5.74) is 30.0. The van der Waals surface area contributed by atoms with Crippen LogP contribution in [0.2, 0.25) is 0 Å². The van der Waals surface area contributed by atoms with Gasteiger partial charge in [-0.2, -0.15) is 0 Å². The summed E-state index contributed by atoms with van der Waals surface area (Å²) in [7, 11) is 0. The van der Waals surface area contributed by atoms with Crippen molar-refractivity contribution >= 4 is 32.3 Å². The highest BCUT2D eigenvalue weighted by Gasteiger charge is 2.83. The second kappa shape index (κ2) is 23.5. The lowest BCUT2D eigenvalue weighted by Gasteiger charge is -2.58. The lowest BCUT2D eigenvalue weighted by Crippen LogP contribution is -2.70. The molecule has 3 aromatic carbocycles. The molecular formula is C100H117N9O7. The first kappa shape index (κ1) is 71.5. The summed E-state index contributed by atoms with van der Waals surface area (Å²) in [6.45, 7) is 13.2. The zero-order valence-electron chi connectivity index (χ0n) is 68.0. The highest BCUT2D eigenvalue weighted by atomic mass is 16.6. The molecule has 16 nitrogen and oxygen atoms in total. The Morgan fingerprint density at radius 1 is 0.431 bits per heavy atom. The number of fused-ring (bicyclic) bond motifs is 14. The minimum atomic E-state index is -1.08. The van der Waals surface area contributed by atoms with Crippen LogP contribution in [-0.2, 0) is 30.5 Å². The molecule has 0 radical (unpaired) electrons. The van der Waals surface area contributed by atoms with Crippen LogP contribution in [0, 0.1) is 63.6 Å². The molecular weight excluding hydrogens is 1440 g/mol. The molecule has 30 atom stereocenters. The third kappa shape index (κ3) is 8.80. The van der Waals surface area contributed by atoms with Crippen LogP contribution in [0.4, 0.5) is 0 Å². The number of nitrogens with two attached hydrogens (primary N) is 3. The SMILES string of the molecule is C[C@]12CC=C3C=C4C(O)C(O)[C@@H](N5CC[C@@H](N)C5)C(O)[C@]45CCC3(O5)[C@@H]1C[C@H]1C[C@]12c1ccc2ccncc2c1.C[C@]12CC=C3C=C4CC[C@@H](N5CC[C@@H](N)C5)[C@H](O)[C@]45CCC3(O5)[C@@H]1C[C@H]1C[C@]12c1ccc2ccncc2c1.C[C@]12CC=C3C=C4[C@H]5C[C@H]5[C@@H](N5CC[C@@H](N)C5)C[C@]45CCC3(O5)[C@@H]1C[C@H]1C[C@]12c1ccc2ccncc2c1. The monoisotopic (exact) mass is 1560 g/mol. The number of hydrogen-bond donors (Lipinski definition) is 7. The number of aliphatic hydroxyl groups excluding tert-OH is 4. The largest absolute Gasteiger partial charge is 0.388 e. The molecule has 9 aliphatic heterocycles. The summed E-state index contributed by atoms with van der Waals surface area (Å²) >= 11 is 0. The van der Waals surface area contributed by atoms with Crippen LogP contribution in [0.25, 0.3) is 32.3 Å². The smallest absolute Gasteiger partial charge is 0.121 e. The van der Waals surface area contributed by atoms with Crippen molar-refractivity contribution in [1.29, 1.82) is 0 Å². The van der Waals surface area contributed by atoms with Gasteiger partial charge in [-0.1, -0.05) is 93.6 Å². The normalized spacial score (nSPS) is 50.2. The van der Waals surface area contributed by atoms with E-state index in [0.29, 0.717) is 66.3 Å². The first-order valence-electron chi connectivity index (χ1n) is 45.7. The van der Waals surface area contributed by atoms with Crippen LogP contribution in [0.15, 0.2) is 180 Å². The lowest BCUT2D eigenvalue weighted by molar-refractivity contribution is -0.216. The highest BCUT2D eigenvalue weighted by molar-refractivity contribution is 5.85. The Balaban J connectivity index is 0.0000000952. The molecule has 116 heavy (non-hydrogen) atoms. The molecule has 22 aliphatic rings. The predicted molar refractivity (Wildman–Crippen MR) is 446 cm³/mol. The van der Waals surface area contributed by atoms with E-state index in [1.165, 1.54) is 125 Å². The summed E-state index contributed by atoms with van der Waals surface area (Å²) in [5.74, 6) is 5.15. The van der Waals surface area contributed by atoms with E-state index in [4.69, 9.17) is 31.4 Å². The molecule has 3 aromatic heterocycles. The van der Waals surface area contributed by atoms with E-state index in [1.54, 1.807) is 16.7 Å². The maximum atomic E-state index is 12.0. The van der Waals surface area contributed by atoms with E-state index in [9.17, 15) is 20.4 Å². The predicted octanol–water partition coefficient (Wildman–Crippen LogP) is 12.7. The van der Waals surface area contributed by atoms with Crippen molar-refractivity contribution in [1.82, 2.24) is 29.7 Å². The van der Waals surface area contributed by atoms with Crippen molar-refractivity contribution in [2.24, 2.45) is 80.8 Å². The van der Waals surface area contributed by atoms with Gasteiger partial charge in [-0.25, -0.2) is 0 Å². The van der Waals surface area contributed by atoms with E-state index in [-0.39, 0.29) is 62.0 Å². The van der Waals surface area contributed by atoms with Crippen LogP contribution in [0.3, 0.4) is 0 Å². The van der Waals surface area contributed by atoms with Gasteiger partial charge >= 0.3 is 0 Å². The van der Waals surface area contributed by atoms with Crippen molar-refractivity contribution in [2.75, 3.05) is 39.3 Å². The molecule has 10 saturated carbocycles. The van der Waals surface area contributed by atoms with Gasteiger partial charge in [0.25, 0.3) is 0 Å². The van der Waals surface area contributed by atoms with Crippen LogP contribution in [-0.4, -0.2) is 184 Å². The van der Waals surface area contributed by atoms with E-state index >= 15 is 0 Å². The highest BCUT2D eigenvalue weighted by Crippen LogP contribution is 2.85. The molecule has 6 spiro atoms. The van der Waals surface area contributed by atoms with Crippen LogP contribution < -0.4 is 17.2 Å².